The van der Waals surface area contributed by atoms with E-state index in [0.717, 1.165) is 5.56 Å². The van der Waals surface area contributed by atoms with Crippen molar-refractivity contribution < 1.29 is 19.4 Å². The normalized spacial score (nSPS) is 15.9. The molecule has 1 aliphatic rings. The van der Waals surface area contributed by atoms with E-state index in [4.69, 9.17) is 10.5 Å². The van der Waals surface area contributed by atoms with Gasteiger partial charge in [-0.3, -0.25) is 9.59 Å². The number of nitrogens with zero attached hydrogens (tertiary/aromatic N) is 1. The standard InChI is InChI=1S/C14H18N2O4/c15-13(18)14(19)16-7-5-11(6-8-16)20-12-4-2-1-3-10(12)9-17/h1-4,11,17H,5-9H2,(H2,15,18). The Bertz CT molecular complexity index is 496. The third-order valence-electron chi connectivity index (χ3n) is 3.38. The van der Waals surface area contributed by atoms with Crippen molar-refractivity contribution >= 4 is 11.8 Å². The summed E-state index contributed by atoms with van der Waals surface area (Å²) in [5.41, 5.74) is 5.71. The van der Waals surface area contributed by atoms with Gasteiger partial charge < -0.3 is 20.5 Å². The molecular weight excluding hydrogens is 260 g/mol. The Hall–Kier alpha value is -2.08. The molecule has 2 rings (SSSR count). The van der Waals surface area contributed by atoms with Gasteiger partial charge in [0.25, 0.3) is 0 Å². The van der Waals surface area contributed by atoms with Crippen molar-refractivity contribution in [2.45, 2.75) is 25.6 Å². The molecule has 20 heavy (non-hydrogen) atoms. The van der Waals surface area contributed by atoms with Gasteiger partial charge in [0.1, 0.15) is 11.9 Å². The second-order valence-electron chi connectivity index (χ2n) is 4.74. The van der Waals surface area contributed by atoms with E-state index in [-0.39, 0.29) is 12.7 Å². The van der Waals surface area contributed by atoms with Gasteiger partial charge in [0.2, 0.25) is 0 Å². The number of carbonyl (C=O) groups is 2. The van der Waals surface area contributed by atoms with Crippen molar-refractivity contribution in [3.63, 3.8) is 0 Å². The monoisotopic (exact) mass is 278 g/mol. The Labute approximate surface area is 117 Å². The van der Waals surface area contributed by atoms with Crippen LogP contribution >= 0.6 is 0 Å². The fraction of sp³-hybridized carbons (Fsp3) is 0.429. The first-order valence-corrected chi connectivity index (χ1v) is 6.56. The Balaban J connectivity index is 1.91. The number of likely N-dealkylation sites (tertiary alicyclic amines) is 1. The molecule has 2 amide bonds. The third-order valence-corrected chi connectivity index (χ3v) is 3.38. The van der Waals surface area contributed by atoms with E-state index in [1.807, 2.05) is 18.2 Å². The fourth-order valence-electron chi connectivity index (χ4n) is 2.26. The molecule has 108 valence electrons. The van der Waals surface area contributed by atoms with Gasteiger partial charge in [-0.2, -0.15) is 0 Å². The van der Waals surface area contributed by atoms with Gasteiger partial charge in [-0.05, 0) is 6.07 Å². The van der Waals surface area contributed by atoms with Crippen molar-refractivity contribution in [1.29, 1.82) is 0 Å². The highest BCUT2D eigenvalue weighted by molar-refractivity contribution is 6.34. The number of primary amides is 1. The zero-order valence-corrected chi connectivity index (χ0v) is 11.1. The Morgan fingerprint density at radius 1 is 1.30 bits per heavy atom. The minimum atomic E-state index is -0.921. The van der Waals surface area contributed by atoms with Gasteiger partial charge in [-0.1, -0.05) is 18.2 Å². The quantitative estimate of drug-likeness (QED) is 0.763. The highest BCUT2D eigenvalue weighted by Crippen LogP contribution is 2.23. The average Bonchev–Trinajstić information content (AvgIpc) is 2.48. The topological polar surface area (TPSA) is 92.9 Å². The maximum absolute atomic E-state index is 11.4. The molecule has 0 unspecified atom stereocenters. The first-order valence-electron chi connectivity index (χ1n) is 6.56. The first-order chi connectivity index (χ1) is 9.61. The summed E-state index contributed by atoms with van der Waals surface area (Å²) < 4.78 is 5.85. The molecule has 6 heteroatoms. The number of aliphatic hydroxyl groups excluding tert-OH is 1. The van der Waals surface area contributed by atoms with Crippen LogP contribution in [0.3, 0.4) is 0 Å². The maximum Gasteiger partial charge on any atom is 0.311 e. The molecular formula is C14H18N2O4. The van der Waals surface area contributed by atoms with E-state index in [9.17, 15) is 14.7 Å². The number of para-hydroxylation sites is 1. The van der Waals surface area contributed by atoms with Crippen LogP contribution in [0.1, 0.15) is 18.4 Å². The number of hydrogen-bond acceptors (Lipinski definition) is 4. The highest BCUT2D eigenvalue weighted by atomic mass is 16.5. The van der Waals surface area contributed by atoms with Crippen LogP contribution < -0.4 is 10.5 Å². The molecule has 0 saturated carbocycles. The molecule has 0 bridgehead atoms. The van der Waals surface area contributed by atoms with Gasteiger partial charge in [0.05, 0.1) is 6.61 Å². The van der Waals surface area contributed by atoms with E-state index >= 15 is 0 Å². The van der Waals surface area contributed by atoms with Crippen LogP contribution in [0, 0.1) is 0 Å². The van der Waals surface area contributed by atoms with Gasteiger partial charge in [0.15, 0.2) is 0 Å². The molecule has 0 radical (unpaired) electrons. The fourth-order valence-corrected chi connectivity index (χ4v) is 2.26. The number of aliphatic hydroxyl groups is 1. The molecule has 1 aromatic rings. The summed E-state index contributed by atoms with van der Waals surface area (Å²) >= 11 is 0. The molecule has 3 N–H and O–H groups in total. The molecule has 0 spiro atoms. The highest BCUT2D eigenvalue weighted by Gasteiger charge is 2.26. The van der Waals surface area contributed by atoms with E-state index < -0.39 is 11.8 Å². The second kappa shape index (κ2) is 6.38. The van der Waals surface area contributed by atoms with Crippen LogP contribution in [-0.4, -0.2) is 41.0 Å². The number of rotatable bonds is 3. The van der Waals surface area contributed by atoms with Crippen LogP contribution in [0.5, 0.6) is 5.75 Å². The second-order valence-corrected chi connectivity index (χ2v) is 4.74. The van der Waals surface area contributed by atoms with Crippen LogP contribution in [0.25, 0.3) is 0 Å². The van der Waals surface area contributed by atoms with Gasteiger partial charge in [-0.15, -0.1) is 0 Å². The first kappa shape index (κ1) is 14.3. The molecule has 1 saturated heterocycles. The minimum absolute atomic E-state index is 0.0281. The van der Waals surface area contributed by atoms with Crippen molar-refractivity contribution in [2.75, 3.05) is 13.1 Å². The van der Waals surface area contributed by atoms with Gasteiger partial charge >= 0.3 is 11.8 Å². The largest absolute Gasteiger partial charge is 0.490 e. The molecule has 0 atom stereocenters. The summed E-state index contributed by atoms with van der Waals surface area (Å²) in [6, 6.07) is 7.31. The predicted molar refractivity (Wildman–Crippen MR) is 71.8 cm³/mol. The van der Waals surface area contributed by atoms with Crippen LogP contribution in [0.2, 0.25) is 0 Å². The summed E-state index contributed by atoms with van der Waals surface area (Å²) in [6.45, 7) is 0.830. The Morgan fingerprint density at radius 3 is 2.55 bits per heavy atom. The van der Waals surface area contributed by atoms with E-state index in [2.05, 4.69) is 0 Å². The molecule has 1 aliphatic heterocycles. The zero-order valence-electron chi connectivity index (χ0n) is 11.1. The lowest BCUT2D eigenvalue weighted by Crippen LogP contribution is -2.46. The third kappa shape index (κ3) is 3.27. The minimum Gasteiger partial charge on any atom is -0.490 e. The molecule has 1 aromatic carbocycles. The maximum atomic E-state index is 11.4. The van der Waals surface area contributed by atoms with Crippen LogP contribution in [0.4, 0.5) is 0 Å². The van der Waals surface area contributed by atoms with Crippen molar-refractivity contribution in [2.24, 2.45) is 5.73 Å². The number of amides is 2. The average molecular weight is 278 g/mol. The van der Waals surface area contributed by atoms with E-state index in [0.29, 0.717) is 31.7 Å². The summed E-state index contributed by atoms with van der Waals surface area (Å²) in [5.74, 6) is -0.899. The number of piperidine rings is 1. The number of hydrogen-bond donors (Lipinski definition) is 2. The van der Waals surface area contributed by atoms with E-state index in [1.165, 1.54) is 4.90 Å². The van der Waals surface area contributed by atoms with Crippen molar-refractivity contribution in [3.8, 4) is 5.75 Å². The molecule has 6 nitrogen and oxygen atoms in total. The number of carbonyl (C=O) groups excluding carboxylic acids is 2. The van der Waals surface area contributed by atoms with Gasteiger partial charge in [-0.25, -0.2) is 0 Å². The van der Waals surface area contributed by atoms with Crippen LogP contribution in [-0.2, 0) is 16.2 Å². The lowest BCUT2D eigenvalue weighted by Gasteiger charge is -2.31. The summed E-state index contributed by atoms with van der Waals surface area (Å²) in [7, 11) is 0. The predicted octanol–water partition coefficient (Wildman–Crippen LogP) is 0.0340. The summed E-state index contributed by atoms with van der Waals surface area (Å²) in [5, 5.41) is 9.24. The Kier molecular flexibility index (Phi) is 4.57. The molecule has 1 heterocycles. The van der Waals surface area contributed by atoms with E-state index in [1.54, 1.807) is 6.07 Å². The molecule has 1 fully saturated rings. The number of ether oxygens (including phenoxy) is 1. The SMILES string of the molecule is NC(=O)C(=O)N1CCC(Oc2ccccc2CO)CC1. The van der Waals surface area contributed by atoms with Crippen molar-refractivity contribution in [3.05, 3.63) is 29.8 Å². The number of benzene rings is 1. The van der Waals surface area contributed by atoms with Gasteiger partial charge in [0, 0.05) is 31.5 Å². The summed E-state index contributed by atoms with van der Waals surface area (Å²) in [4.78, 5) is 23.7. The zero-order chi connectivity index (χ0) is 14.5. The molecule has 0 aliphatic carbocycles. The van der Waals surface area contributed by atoms with Crippen LogP contribution in [0.15, 0.2) is 24.3 Å². The smallest absolute Gasteiger partial charge is 0.311 e. The van der Waals surface area contributed by atoms with Crippen molar-refractivity contribution in [1.82, 2.24) is 4.90 Å². The number of nitrogens with two attached hydrogens (primary N) is 1. The Morgan fingerprint density at radius 2 is 1.95 bits per heavy atom. The lowest BCUT2D eigenvalue weighted by molar-refractivity contribution is -0.145. The summed E-state index contributed by atoms with van der Waals surface area (Å²) in [6.07, 6.45) is 1.25. The lowest BCUT2D eigenvalue weighted by atomic mass is 10.1. The molecule has 0 aromatic heterocycles.